The van der Waals surface area contributed by atoms with Crippen molar-refractivity contribution in [3.05, 3.63) is 44.7 Å². The molecular weight excluding hydrogens is 532 g/mol. The number of amides is 2. The van der Waals surface area contributed by atoms with Gasteiger partial charge >= 0.3 is 5.95 Å². The van der Waals surface area contributed by atoms with E-state index < -0.39 is 21.8 Å². The molecule has 4 bridgehead atoms. The Labute approximate surface area is 215 Å². The number of hydrogen-bond donors (Lipinski definition) is 1. The highest BCUT2D eigenvalue weighted by molar-refractivity contribution is 9.10. The van der Waals surface area contributed by atoms with E-state index in [0.717, 1.165) is 32.1 Å². The Morgan fingerprint density at radius 3 is 2.39 bits per heavy atom. The summed E-state index contributed by atoms with van der Waals surface area (Å²) in [6.07, 6.45) is 4.94. The fourth-order valence-corrected chi connectivity index (χ4v) is 7.91. The van der Waals surface area contributed by atoms with Gasteiger partial charge in [-0.15, -0.1) is 0 Å². The number of nitrogens with one attached hydrogen (secondary N) is 1. The van der Waals surface area contributed by atoms with Gasteiger partial charge in [-0.2, -0.15) is 4.68 Å². The lowest BCUT2D eigenvalue weighted by atomic mass is 9.46. The molecule has 0 spiro atoms. The fourth-order valence-electron chi connectivity index (χ4n) is 7.30. The smallest absolute Gasteiger partial charge is 0.390 e. The van der Waals surface area contributed by atoms with E-state index in [1.165, 1.54) is 0 Å². The molecular formula is C24H27BrN6O5. The summed E-state index contributed by atoms with van der Waals surface area (Å²) < 4.78 is 7.32. The Bertz CT molecular complexity index is 1210. The molecule has 1 aliphatic heterocycles. The lowest BCUT2D eigenvalue weighted by molar-refractivity contribution is -0.394. The molecule has 5 fully saturated rings. The number of aromatic nitrogens is 3. The minimum atomic E-state index is -0.586. The molecule has 2 amide bonds. The van der Waals surface area contributed by atoms with Crippen molar-refractivity contribution in [2.24, 2.45) is 17.3 Å². The van der Waals surface area contributed by atoms with Crippen molar-refractivity contribution in [3.63, 3.8) is 0 Å². The number of morpholine rings is 1. The number of hydrogen-bond acceptors (Lipinski definition) is 7. The molecule has 0 radical (unpaired) electrons. The van der Waals surface area contributed by atoms with Crippen LogP contribution in [0.1, 0.15) is 48.9 Å². The van der Waals surface area contributed by atoms with Crippen LogP contribution in [-0.4, -0.2) is 62.7 Å². The summed E-state index contributed by atoms with van der Waals surface area (Å²) in [5, 5.41) is 18.6. The third kappa shape index (κ3) is 3.90. The summed E-state index contributed by atoms with van der Waals surface area (Å²) in [6.45, 7) is 2.25. The van der Waals surface area contributed by atoms with Crippen molar-refractivity contribution in [1.29, 1.82) is 0 Å². The number of nitrogens with zero attached hydrogens (tertiary/aromatic N) is 5. The van der Waals surface area contributed by atoms with Crippen LogP contribution >= 0.6 is 15.9 Å². The summed E-state index contributed by atoms with van der Waals surface area (Å²) >= 11 is 3.38. The average molecular weight is 559 g/mol. The lowest BCUT2D eigenvalue weighted by Crippen LogP contribution is -2.60. The Balaban J connectivity index is 1.22. The summed E-state index contributed by atoms with van der Waals surface area (Å²) in [5.74, 6) is 0.231. The lowest BCUT2D eigenvalue weighted by Gasteiger charge is -2.60. The van der Waals surface area contributed by atoms with E-state index in [4.69, 9.17) is 4.74 Å². The highest BCUT2D eigenvalue weighted by Gasteiger charge is 2.63. The fraction of sp³-hybridized carbons (Fsp3) is 0.583. The first-order valence-electron chi connectivity index (χ1n) is 12.3. The second-order valence-electron chi connectivity index (χ2n) is 10.8. The Morgan fingerprint density at radius 1 is 1.11 bits per heavy atom. The molecule has 5 aliphatic rings. The maximum Gasteiger partial charge on any atom is 0.492 e. The van der Waals surface area contributed by atoms with Crippen LogP contribution in [0, 0.1) is 27.4 Å². The molecule has 11 nitrogen and oxygen atoms in total. The van der Waals surface area contributed by atoms with Gasteiger partial charge in [0.05, 0.1) is 24.2 Å². The predicted octanol–water partition coefficient (Wildman–Crippen LogP) is 3.36. The van der Waals surface area contributed by atoms with Crippen LogP contribution in [0.5, 0.6) is 0 Å². The van der Waals surface area contributed by atoms with Gasteiger partial charge in [0.1, 0.15) is 0 Å². The van der Waals surface area contributed by atoms with Crippen LogP contribution in [0.15, 0.2) is 29.0 Å². The minimum absolute atomic E-state index is 0.0287. The van der Waals surface area contributed by atoms with Crippen LogP contribution in [0.2, 0.25) is 0 Å². The quantitative estimate of drug-likeness (QED) is 0.439. The summed E-state index contributed by atoms with van der Waals surface area (Å²) in [7, 11) is 0. The van der Waals surface area contributed by atoms with E-state index in [1.807, 2.05) is 0 Å². The first kappa shape index (κ1) is 23.5. The van der Waals surface area contributed by atoms with E-state index in [9.17, 15) is 19.7 Å². The second kappa shape index (κ2) is 8.62. The first-order valence-corrected chi connectivity index (χ1v) is 13.1. The van der Waals surface area contributed by atoms with Gasteiger partial charge < -0.3 is 25.1 Å². The molecule has 1 aromatic carbocycles. The van der Waals surface area contributed by atoms with Gasteiger partial charge in [0, 0.05) is 45.4 Å². The summed E-state index contributed by atoms with van der Waals surface area (Å²) in [4.78, 5) is 42.9. The second-order valence-corrected chi connectivity index (χ2v) is 11.5. The molecule has 7 rings (SSSR count). The molecule has 36 heavy (non-hydrogen) atoms. The predicted molar refractivity (Wildman–Crippen MR) is 131 cm³/mol. The van der Waals surface area contributed by atoms with Crippen molar-refractivity contribution in [1.82, 2.24) is 19.7 Å². The Morgan fingerprint density at radius 2 is 1.78 bits per heavy atom. The average Bonchev–Trinajstić information content (AvgIpc) is 3.27. The number of ether oxygens (including phenoxy) is 1. The van der Waals surface area contributed by atoms with Gasteiger partial charge in [-0.25, -0.2) is 0 Å². The molecule has 1 aromatic heterocycles. The van der Waals surface area contributed by atoms with Crippen LogP contribution in [0.4, 0.5) is 11.6 Å². The summed E-state index contributed by atoms with van der Waals surface area (Å²) in [5.41, 5.74) is 0.213. The van der Waals surface area contributed by atoms with E-state index in [1.54, 1.807) is 33.8 Å². The van der Waals surface area contributed by atoms with Crippen LogP contribution in [-0.2, 0) is 15.1 Å². The number of rotatable bonds is 5. The van der Waals surface area contributed by atoms with Gasteiger partial charge in [0.2, 0.25) is 5.91 Å². The third-order valence-corrected chi connectivity index (χ3v) is 8.88. The molecule has 1 saturated heterocycles. The summed E-state index contributed by atoms with van der Waals surface area (Å²) in [6, 6.07) is 7.05. The SMILES string of the molecule is O=C(c1ccc(NC(=O)C23C[C@H]4C[C@H](C2)CC(n2nc([N+](=O)[O-])nc2Br)(C4)C3)cc1)N1CCOCC1. The van der Waals surface area contributed by atoms with Gasteiger partial charge in [0.15, 0.2) is 0 Å². The molecule has 4 saturated carbocycles. The number of anilines is 1. The highest BCUT2D eigenvalue weighted by Crippen LogP contribution is 2.64. The van der Waals surface area contributed by atoms with Crippen molar-refractivity contribution in [2.45, 2.75) is 44.1 Å². The standard InChI is InChI=1S/C24H27BrN6O5/c25-21-27-22(31(34)35)28-30(21)24-12-15-9-16(13-24)11-23(10-15,14-24)20(33)26-18-3-1-17(2-4-18)19(32)29-5-7-36-8-6-29/h1-4,15-16H,5-14H2,(H,26,33)/t15-,16-,23?,24?/m1/s1. The molecule has 2 aromatic rings. The van der Waals surface area contributed by atoms with E-state index in [-0.39, 0.29) is 11.8 Å². The van der Waals surface area contributed by atoms with Crippen LogP contribution < -0.4 is 5.32 Å². The van der Waals surface area contributed by atoms with Crippen molar-refractivity contribution < 1.29 is 19.2 Å². The molecule has 2 heterocycles. The first-order chi connectivity index (χ1) is 17.3. The normalized spacial score (nSPS) is 30.9. The van der Waals surface area contributed by atoms with Crippen molar-refractivity contribution in [3.8, 4) is 0 Å². The number of carbonyl (C=O) groups excluding carboxylic acids is 2. The van der Waals surface area contributed by atoms with Crippen LogP contribution in [0.3, 0.4) is 0 Å². The number of benzene rings is 1. The largest absolute Gasteiger partial charge is 0.492 e. The Kier molecular flexibility index (Phi) is 5.63. The van der Waals surface area contributed by atoms with E-state index >= 15 is 0 Å². The van der Waals surface area contributed by atoms with Gasteiger partial charge in [0.25, 0.3) is 10.6 Å². The van der Waals surface area contributed by atoms with Crippen molar-refractivity contribution >= 4 is 39.4 Å². The molecule has 4 aliphatic carbocycles. The Hall–Kier alpha value is -2.86. The van der Waals surface area contributed by atoms with Crippen LogP contribution in [0.25, 0.3) is 0 Å². The zero-order valence-corrected chi connectivity index (χ0v) is 21.3. The van der Waals surface area contributed by atoms with Gasteiger partial charge in [-0.05, 0) is 84.5 Å². The molecule has 0 unspecified atom stereocenters. The third-order valence-electron chi connectivity index (χ3n) is 8.37. The maximum atomic E-state index is 13.7. The van der Waals surface area contributed by atoms with Gasteiger partial charge in [-0.1, -0.05) is 0 Å². The molecule has 2 atom stereocenters. The minimum Gasteiger partial charge on any atom is -0.390 e. The topological polar surface area (TPSA) is 132 Å². The van der Waals surface area contributed by atoms with E-state index in [2.05, 4.69) is 31.3 Å². The molecule has 1 N–H and O–H groups in total. The number of halogens is 1. The zero-order valence-electron chi connectivity index (χ0n) is 19.7. The maximum absolute atomic E-state index is 13.7. The molecule has 12 heteroatoms. The zero-order chi connectivity index (χ0) is 25.1. The van der Waals surface area contributed by atoms with Crippen molar-refractivity contribution in [2.75, 3.05) is 31.6 Å². The van der Waals surface area contributed by atoms with E-state index in [0.29, 0.717) is 60.5 Å². The highest BCUT2D eigenvalue weighted by atomic mass is 79.9. The number of carbonyl (C=O) groups is 2. The van der Waals surface area contributed by atoms with Gasteiger partial charge in [-0.3, -0.25) is 9.59 Å². The number of nitro groups is 1. The monoisotopic (exact) mass is 558 g/mol. The molecule has 190 valence electrons.